The van der Waals surface area contributed by atoms with Crippen molar-refractivity contribution in [2.24, 2.45) is 0 Å². The Kier molecular flexibility index (Phi) is 4.61. The molecule has 0 saturated carbocycles. The second-order valence-corrected chi connectivity index (χ2v) is 5.05. The number of hydrogen-bond acceptors (Lipinski definition) is 0. The summed E-state index contributed by atoms with van der Waals surface area (Å²) in [4.78, 5) is 0. The molecule has 2 aromatic rings. The molecule has 0 fully saturated rings. The summed E-state index contributed by atoms with van der Waals surface area (Å²) in [6, 6.07) is 9.43. The van der Waals surface area contributed by atoms with Crippen molar-refractivity contribution in [3.05, 3.63) is 71.3 Å². The summed E-state index contributed by atoms with van der Waals surface area (Å²) in [5, 5.41) is 0. The maximum absolute atomic E-state index is 14.3. The first-order chi connectivity index (χ1) is 11.0. The summed E-state index contributed by atoms with van der Waals surface area (Å²) in [6.45, 7) is 0. The van der Waals surface area contributed by atoms with E-state index in [1.807, 2.05) is 0 Å². The van der Waals surface area contributed by atoms with Crippen LogP contribution in [0.25, 0.3) is 0 Å². The highest BCUT2D eigenvalue weighted by atomic mass is 19.4. The van der Waals surface area contributed by atoms with Gasteiger partial charge in [-0.2, -0.15) is 26.3 Å². The number of halogens is 8. The van der Waals surface area contributed by atoms with Gasteiger partial charge in [0.05, 0.1) is 0 Å². The molecule has 130 valence electrons. The summed E-state index contributed by atoms with van der Waals surface area (Å²) >= 11 is 0. The van der Waals surface area contributed by atoms with Gasteiger partial charge in [-0.15, -0.1) is 0 Å². The van der Waals surface area contributed by atoms with Crippen LogP contribution in [0, 0.1) is 0 Å². The molecule has 0 nitrogen and oxygen atoms in total. The van der Waals surface area contributed by atoms with Gasteiger partial charge in [0.15, 0.2) is 6.17 Å². The van der Waals surface area contributed by atoms with E-state index in [9.17, 15) is 35.1 Å². The van der Waals surface area contributed by atoms with E-state index in [0.29, 0.717) is 6.07 Å². The van der Waals surface area contributed by atoms with Crippen LogP contribution in [0.4, 0.5) is 35.1 Å². The van der Waals surface area contributed by atoms with Crippen molar-refractivity contribution in [1.82, 2.24) is 0 Å². The molecule has 0 aliphatic rings. The first-order valence-electron chi connectivity index (χ1n) is 6.60. The normalized spacial score (nSPS) is 14.5. The lowest BCUT2D eigenvalue weighted by Crippen LogP contribution is -2.50. The molecule has 0 saturated heterocycles. The number of alkyl halides is 8. The Morgan fingerprint density at radius 3 is 1.62 bits per heavy atom. The third kappa shape index (κ3) is 3.09. The lowest BCUT2D eigenvalue weighted by atomic mass is 9.91. The second kappa shape index (κ2) is 6.07. The van der Waals surface area contributed by atoms with Gasteiger partial charge in [-0.05, 0) is 17.2 Å². The summed E-state index contributed by atoms with van der Waals surface area (Å²) in [5.74, 6) is 0. The first-order valence-corrected chi connectivity index (χ1v) is 6.60. The fourth-order valence-corrected chi connectivity index (χ4v) is 2.21. The van der Waals surface area contributed by atoms with Crippen LogP contribution >= 0.6 is 0 Å². The van der Waals surface area contributed by atoms with Gasteiger partial charge in [0.1, 0.15) is 0 Å². The van der Waals surface area contributed by atoms with E-state index in [2.05, 4.69) is 0 Å². The SMILES string of the molecule is FC(c1ccccc1)c1cccc(C(F)(C(F)(F)F)C(F)(F)F)c1. The van der Waals surface area contributed by atoms with Gasteiger partial charge in [-0.3, -0.25) is 0 Å². The molecule has 24 heavy (non-hydrogen) atoms. The molecule has 0 aliphatic carbocycles. The molecule has 1 unspecified atom stereocenters. The van der Waals surface area contributed by atoms with E-state index >= 15 is 0 Å². The third-order valence-corrected chi connectivity index (χ3v) is 3.45. The molecule has 0 radical (unpaired) electrons. The van der Waals surface area contributed by atoms with Crippen LogP contribution in [0.15, 0.2) is 54.6 Å². The van der Waals surface area contributed by atoms with E-state index in [0.717, 1.165) is 12.1 Å². The van der Waals surface area contributed by atoms with Gasteiger partial charge in [0.25, 0.3) is 0 Å². The molecule has 8 heteroatoms. The van der Waals surface area contributed by atoms with Crippen LogP contribution in [0.3, 0.4) is 0 Å². The lowest BCUT2D eigenvalue weighted by Gasteiger charge is -2.30. The quantitative estimate of drug-likeness (QED) is 0.590. The Balaban J connectivity index is 2.53. The minimum absolute atomic E-state index is 0.0260. The summed E-state index contributed by atoms with van der Waals surface area (Å²) in [6.07, 6.45) is -14.5. The molecule has 0 heterocycles. The maximum Gasteiger partial charge on any atom is 0.435 e. The molecular formula is C16H10F8. The van der Waals surface area contributed by atoms with Gasteiger partial charge in [0.2, 0.25) is 0 Å². The van der Waals surface area contributed by atoms with E-state index in [-0.39, 0.29) is 11.6 Å². The van der Waals surface area contributed by atoms with Crippen molar-refractivity contribution in [3.63, 3.8) is 0 Å². The van der Waals surface area contributed by atoms with Crippen molar-refractivity contribution in [2.75, 3.05) is 0 Å². The van der Waals surface area contributed by atoms with Crippen LogP contribution < -0.4 is 0 Å². The van der Waals surface area contributed by atoms with Crippen LogP contribution in [0.1, 0.15) is 22.9 Å². The summed E-state index contributed by atoms with van der Waals surface area (Å²) in [5.41, 5.74) is -7.77. The maximum atomic E-state index is 14.3. The molecular weight excluding hydrogens is 344 g/mol. The second-order valence-electron chi connectivity index (χ2n) is 5.05. The smallest absolute Gasteiger partial charge is 0.237 e. The molecule has 0 aromatic heterocycles. The highest BCUT2D eigenvalue weighted by Gasteiger charge is 2.73. The van der Waals surface area contributed by atoms with Gasteiger partial charge >= 0.3 is 18.0 Å². The monoisotopic (exact) mass is 354 g/mol. The van der Waals surface area contributed by atoms with Crippen LogP contribution in [0.5, 0.6) is 0 Å². The zero-order valence-corrected chi connectivity index (χ0v) is 11.8. The minimum atomic E-state index is -6.23. The fraction of sp³-hybridized carbons (Fsp3) is 0.250. The summed E-state index contributed by atoms with van der Waals surface area (Å²) < 4.78 is 105. The Morgan fingerprint density at radius 2 is 1.12 bits per heavy atom. The molecule has 0 spiro atoms. The van der Waals surface area contributed by atoms with Crippen LogP contribution in [-0.4, -0.2) is 12.4 Å². The Hall–Kier alpha value is -2.12. The molecule has 0 aliphatic heterocycles. The topological polar surface area (TPSA) is 0 Å². The van der Waals surface area contributed by atoms with Crippen molar-refractivity contribution in [1.29, 1.82) is 0 Å². The number of benzene rings is 2. The zero-order chi connectivity index (χ0) is 18.2. The van der Waals surface area contributed by atoms with Crippen molar-refractivity contribution in [2.45, 2.75) is 24.2 Å². The number of hydrogen-bond donors (Lipinski definition) is 0. The van der Waals surface area contributed by atoms with E-state index in [4.69, 9.17) is 0 Å². The average Bonchev–Trinajstić information content (AvgIpc) is 2.52. The van der Waals surface area contributed by atoms with Crippen LogP contribution in [-0.2, 0) is 5.67 Å². The zero-order valence-electron chi connectivity index (χ0n) is 11.8. The minimum Gasteiger partial charge on any atom is -0.237 e. The Morgan fingerprint density at radius 1 is 0.625 bits per heavy atom. The van der Waals surface area contributed by atoms with Gasteiger partial charge in [-0.1, -0.05) is 48.5 Å². The highest BCUT2D eigenvalue weighted by molar-refractivity contribution is 5.36. The molecule has 2 rings (SSSR count). The predicted molar refractivity (Wildman–Crippen MR) is 70.7 cm³/mol. The molecule has 0 amide bonds. The lowest BCUT2D eigenvalue weighted by molar-refractivity contribution is -0.348. The predicted octanol–water partition coefficient (Wildman–Crippen LogP) is 6.03. The molecule has 0 N–H and O–H groups in total. The van der Waals surface area contributed by atoms with Crippen molar-refractivity contribution >= 4 is 0 Å². The molecule has 2 aromatic carbocycles. The standard InChI is InChI=1S/C16H10F8/c17-13(10-5-2-1-3-6-10)11-7-4-8-12(9-11)14(18,15(19,20)21)16(22,23)24/h1-9,13H. The Bertz CT molecular complexity index is 673. The van der Waals surface area contributed by atoms with Gasteiger partial charge in [-0.25, -0.2) is 8.78 Å². The largest absolute Gasteiger partial charge is 0.435 e. The first kappa shape index (κ1) is 18.2. The molecule has 0 bridgehead atoms. The third-order valence-electron chi connectivity index (χ3n) is 3.45. The number of rotatable bonds is 3. The molecule has 1 atom stereocenters. The van der Waals surface area contributed by atoms with Gasteiger partial charge in [0, 0.05) is 5.56 Å². The average molecular weight is 354 g/mol. The van der Waals surface area contributed by atoms with Crippen molar-refractivity contribution < 1.29 is 35.1 Å². The fourth-order valence-electron chi connectivity index (χ4n) is 2.21. The van der Waals surface area contributed by atoms with Crippen LogP contribution in [0.2, 0.25) is 0 Å². The highest BCUT2D eigenvalue weighted by Crippen LogP contribution is 2.53. The Labute approximate surface area is 131 Å². The van der Waals surface area contributed by atoms with E-state index < -0.39 is 35.3 Å². The van der Waals surface area contributed by atoms with Crippen molar-refractivity contribution in [3.8, 4) is 0 Å². The van der Waals surface area contributed by atoms with Gasteiger partial charge < -0.3 is 0 Å². The van der Waals surface area contributed by atoms with E-state index in [1.165, 1.54) is 24.3 Å². The van der Waals surface area contributed by atoms with E-state index in [1.54, 1.807) is 6.07 Å². The summed E-state index contributed by atoms with van der Waals surface area (Å²) in [7, 11) is 0.